The Kier molecular flexibility index (Phi) is 5.64. The maximum absolute atomic E-state index is 13.3. The molecule has 0 amide bonds. The van der Waals surface area contributed by atoms with Gasteiger partial charge in [0, 0.05) is 7.05 Å². The highest BCUT2D eigenvalue weighted by atomic mass is 35.5. The van der Waals surface area contributed by atoms with Crippen molar-refractivity contribution in [3.8, 4) is 0 Å². The van der Waals surface area contributed by atoms with Gasteiger partial charge in [-0.25, -0.2) is 18.4 Å². The SMILES string of the molecule is CN(F)S(=O)(=O)c1ccc2nc(Cl)c(Cl)nc2c1SC(Cl)Cl. The minimum absolute atomic E-state index is 0.0306. The number of rotatable bonds is 4. The predicted octanol–water partition coefficient (Wildman–Crippen LogP) is 4.29. The smallest absolute Gasteiger partial charge is 0.231 e. The molecule has 1 heterocycles. The second-order valence-electron chi connectivity index (χ2n) is 3.84. The van der Waals surface area contributed by atoms with Crippen molar-refractivity contribution in [2.45, 2.75) is 14.0 Å². The van der Waals surface area contributed by atoms with E-state index in [1.165, 1.54) is 12.1 Å². The van der Waals surface area contributed by atoms with Gasteiger partial charge in [-0.15, -0.1) is 4.48 Å². The third kappa shape index (κ3) is 3.53. The number of alkyl halides is 2. The molecule has 0 fully saturated rings. The number of halogens is 5. The molecule has 120 valence electrons. The summed E-state index contributed by atoms with van der Waals surface area (Å²) in [5.41, 5.74) is 0.375. The van der Waals surface area contributed by atoms with Gasteiger partial charge in [0.15, 0.2) is 14.5 Å². The number of benzene rings is 1. The number of fused-ring (bicyclic) bond motifs is 1. The van der Waals surface area contributed by atoms with E-state index in [1.807, 2.05) is 0 Å². The van der Waals surface area contributed by atoms with Crippen LogP contribution in [0.3, 0.4) is 0 Å². The number of hydrogen-bond donors (Lipinski definition) is 0. The molecule has 0 unspecified atom stereocenters. The first-order valence-electron chi connectivity index (χ1n) is 5.40. The van der Waals surface area contributed by atoms with Crippen LogP contribution in [0.4, 0.5) is 4.48 Å². The van der Waals surface area contributed by atoms with Crippen LogP contribution in [-0.2, 0) is 10.0 Å². The predicted molar refractivity (Wildman–Crippen MR) is 87.0 cm³/mol. The third-order valence-electron chi connectivity index (χ3n) is 2.49. The summed E-state index contributed by atoms with van der Waals surface area (Å²) >= 11 is 23.8. The summed E-state index contributed by atoms with van der Waals surface area (Å²) < 4.78 is 36.0. The fraction of sp³-hybridized carbons (Fsp3) is 0.200. The normalized spacial score (nSPS) is 12.5. The topological polar surface area (TPSA) is 63.2 Å². The quantitative estimate of drug-likeness (QED) is 0.416. The van der Waals surface area contributed by atoms with Gasteiger partial charge in [-0.3, -0.25) is 0 Å². The monoisotopic (exact) mass is 423 g/mol. The van der Waals surface area contributed by atoms with Crippen LogP contribution in [-0.4, -0.2) is 34.1 Å². The zero-order chi connectivity index (χ0) is 16.7. The fourth-order valence-corrected chi connectivity index (χ4v) is 4.30. The fourth-order valence-electron chi connectivity index (χ4n) is 1.58. The average Bonchev–Trinajstić information content (AvgIpc) is 2.40. The number of thioether (sulfide) groups is 1. The molecule has 1 aromatic carbocycles. The molecule has 0 spiro atoms. The molecular weight excluding hydrogens is 419 g/mol. The summed E-state index contributed by atoms with van der Waals surface area (Å²) in [6, 6.07) is 2.51. The van der Waals surface area contributed by atoms with Crippen LogP contribution in [0.15, 0.2) is 21.9 Å². The Balaban J connectivity index is 2.86. The van der Waals surface area contributed by atoms with Crippen LogP contribution in [0.5, 0.6) is 0 Å². The van der Waals surface area contributed by atoms with Crippen LogP contribution in [0, 0.1) is 0 Å². The van der Waals surface area contributed by atoms with E-state index in [-0.39, 0.29) is 31.1 Å². The van der Waals surface area contributed by atoms with Crippen molar-refractivity contribution in [2.24, 2.45) is 0 Å². The molecule has 0 aliphatic rings. The van der Waals surface area contributed by atoms with Gasteiger partial charge >= 0.3 is 0 Å². The molecule has 0 saturated carbocycles. The lowest BCUT2D eigenvalue weighted by molar-refractivity contribution is 0.178. The van der Waals surface area contributed by atoms with Gasteiger partial charge in [-0.2, -0.15) is 0 Å². The number of nitrogens with zero attached hydrogens (tertiary/aromatic N) is 3. The van der Waals surface area contributed by atoms with Gasteiger partial charge < -0.3 is 0 Å². The van der Waals surface area contributed by atoms with Gasteiger partial charge in [0.05, 0.1) is 10.4 Å². The standard InChI is InChI=1S/C10H6Cl4FN3O2S2/c1-18(15)22(19,20)5-3-2-4-6(7(5)21-10(13)14)17-9(12)8(11)16-4/h2-3,10H,1H3. The molecule has 0 bridgehead atoms. The molecule has 22 heavy (non-hydrogen) atoms. The number of hydrogen-bond acceptors (Lipinski definition) is 5. The maximum atomic E-state index is 13.3. The van der Waals surface area contributed by atoms with Crippen LogP contribution < -0.4 is 0 Å². The second-order valence-corrected chi connectivity index (χ2v) is 9.18. The Morgan fingerprint density at radius 2 is 1.82 bits per heavy atom. The molecule has 0 N–H and O–H groups in total. The minimum atomic E-state index is -4.38. The molecule has 12 heteroatoms. The summed E-state index contributed by atoms with van der Waals surface area (Å²) in [4.78, 5) is 7.65. The summed E-state index contributed by atoms with van der Waals surface area (Å²) in [5.74, 6) is 0. The molecule has 0 aliphatic heterocycles. The third-order valence-corrected chi connectivity index (χ3v) is 6.16. The summed E-state index contributed by atoms with van der Waals surface area (Å²) in [6.45, 7) is 0. The Labute approximate surface area is 149 Å². The number of sulfonamides is 1. The Bertz CT molecular complexity index is 833. The van der Waals surface area contributed by atoms with E-state index >= 15 is 0 Å². The largest absolute Gasteiger partial charge is 0.270 e. The Morgan fingerprint density at radius 3 is 2.36 bits per heavy atom. The molecule has 5 nitrogen and oxygen atoms in total. The van der Waals surface area contributed by atoms with E-state index in [0.717, 1.165) is 18.8 Å². The van der Waals surface area contributed by atoms with E-state index in [1.54, 1.807) is 0 Å². The highest BCUT2D eigenvalue weighted by Crippen LogP contribution is 2.39. The first-order chi connectivity index (χ1) is 10.1. The van der Waals surface area contributed by atoms with Crippen LogP contribution >= 0.6 is 58.2 Å². The minimum Gasteiger partial charge on any atom is -0.231 e. The summed E-state index contributed by atoms with van der Waals surface area (Å²) in [5, 5.41) is -0.170. The average molecular weight is 425 g/mol. The highest BCUT2D eigenvalue weighted by molar-refractivity contribution is 8.03. The molecule has 1 aromatic heterocycles. The van der Waals surface area contributed by atoms with Crippen molar-refractivity contribution in [3.63, 3.8) is 0 Å². The maximum Gasteiger partial charge on any atom is 0.270 e. The molecule has 2 rings (SSSR count). The lowest BCUT2D eigenvalue weighted by atomic mass is 10.3. The molecule has 0 atom stereocenters. The molecule has 0 radical (unpaired) electrons. The van der Waals surface area contributed by atoms with Crippen molar-refractivity contribution >= 4 is 79.2 Å². The first kappa shape index (κ1) is 18.3. The lowest BCUT2D eigenvalue weighted by Crippen LogP contribution is -2.19. The molecule has 0 saturated heterocycles. The van der Waals surface area contributed by atoms with E-state index < -0.39 is 18.7 Å². The highest BCUT2D eigenvalue weighted by Gasteiger charge is 2.28. The van der Waals surface area contributed by atoms with Gasteiger partial charge in [-0.05, 0) is 16.7 Å². The van der Waals surface area contributed by atoms with Gasteiger partial charge in [0.1, 0.15) is 10.4 Å². The molecular formula is C10H6Cl4FN3O2S2. The molecule has 0 aliphatic carbocycles. The first-order valence-corrected chi connectivity index (χ1v) is 9.34. The summed E-state index contributed by atoms with van der Waals surface area (Å²) in [6.07, 6.45) is 0. The Morgan fingerprint density at radius 1 is 1.23 bits per heavy atom. The van der Waals surface area contributed by atoms with Gasteiger partial charge in [0.25, 0.3) is 10.0 Å². The van der Waals surface area contributed by atoms with Crippen molar-refractivity contribution < 1.29 is 12.9 Å². The van der Waals surface area contributed by atoms with E-state index in [0.29, 0.717) is 0 Å². The van der Waals surface area contributed by atoms with E-state index in [2.05, 4.69) is 9.97 Å². The molecule has 2 aromatic rings. The summed E-state index contributed by atoms with van der Waals surface area (Å²) in [7, 11) is -3.63. The zero-order valence-corrected chi connectivity index (χ0v) is 15.3. The van der Waals surface area contributed by atoms with Crippen molar-refractivity contribution in [1.82, 2.24) is 14.5 Å². The van der Waals surface area contributed by atoms with Crippen molar-refractivity contribution in [2.75, 3.05) is 7.05 Å². The van der Waals surface area contributed by atoms with Gasteiger partial charge in [0.2, 0.25) is 0 Å². The van der Waals surface area contributed by atoms with Crippen LogP contribution in [0.25, 0.3) is 11.0 Å². The van der Waals surface area contributed by atoms with Gasteiger partial charge in [-0.1, -0.05) is 58.2 Å². The van der Waals surface area contributed by atoms with Crippen molar-refractivity contribution in [1.29, 1.82) is 0 Å². The Hall–Kier alpha value is -0.0900. The number of aromatic nitrogens is 2. The lowest BCUT2D eigenvalue weighted by Gasteiger charge is -2.14. The van der Waals surface area contributed by atoms with E-state index in [4.69, 9.17) is 46.4 Å². The van der Waals surface area contributed by atoms with Crippen LogP contribution in [0.2, 0.25) is 10.3 Å². The van der Waals surface area contributed by atoms with Crippen LogP contribution in [0.1, 0.15) is 0 Å². The van der Waals surface area contributed by atoms with E-state index in [9.17, 15) is 12.9 Å². The zero-order valence-electron chi connectivity index (χ0n) is 10.6. The second kappa shape index (κ2) is 6.80. The van der Waals surface area contributed by atoms with Crippen molar-refractivity contribution in [3.05, 3.63) is 22.4 Å².